The van der Waals surface area contributed by atoms with Gasteiger partial charge in [0.2, 0.25) is 0 Å². The molecule has 0 saturated carbocycles. The lowest BCUT2D eigenvalue weighted by molar-refractivity contribution is -0.140. The number of fused-ring (bicyclic) bond motifs is 3. The zero-order chi connectivity index (χ0) is 15.9. The van der Waals surface area contributed by atoms with E-state index in [4.69, 9.17) is 4.74 Å². The molecular formula is C18H17NO2S2. The zero-order valence-electron chi connectivity index (χ0n) is 12.8. The first kappa shape index (κ1) is 15.1. The lowest BCUT2D eigenvalue weighted by Crippen LogP contribution is -2.76. The van der Waals surface area contributed by atoms with Crippen LogP contribution in [-0.4, -0.2) is 29.7 Å². The number of benzene rings is 2. The minimum atomic E-state index is -0.364. The van der Waals surface area contributed by atoms with Gasteiger partial charge in [-0.3, -0.25) is 9.69 Å². The van der Waals surface area contributed by atoms with Gasteiger partial charge in [-0.15, -0.1) is 23.5 Å². The topological polar surface area (TPSA) is 29.5 Å². The van der Waals surface area contributed by atoms with Crippen molar-refractivity contribution < 1.29 is 9.53 Å². The van der Waals surface area contributed by atoms with Crippen LogP contribution < -0.4 is 4.90 Å². The highest BCUT2D eigenvalue weighted by atomic mass is 32.2. The molecule has 0 aromatic heterocycles. The Labute approximate surface area is 144 Å². The Hall–Kier alpha value is -1.43. The van der Waals surface area contributed by atoms with Crippen molar-refractivity contribution in [3.8, 4) is 0 Å². The van der Waals surface area contributed by atoms with Crippen molar-refractivity contribution in [1.29, 1.82) is 0 Å². The summed E-state index contributed by atoms with van der Waals surface area (Å²) in [5.41, 5.74) is 2.28. The number of β-lactam (4-membered cyclic amide) rings is 1. The van der Waals surface area contributed by atoms with Crippen molar-refractivity contribution in [1.82, 2.24) is 0 Å². The Bertz CT molecular complexity index is 737. The quantitative estimate of drug-likeness (QED) is 0.790. The summed E-state index contributed by atoms with van der Waals surface area (Å²) in [6.07, 6.45) is -0.364. The standard InChI is InChI=1S/C18H17NO2S2/c1-21-16-17(20)19-14-9-5-6-10-15(14)22-12-18(16,19)23-11-13-7-3-2-4-8-13/h2-10,16H,11-12H2,1H3. The molecule has 2 unspecified atom stereocenters. The van der Waals surface area contributed by atoms with E-state index in [1.807, 2.05) is 40.9 Å². The van der Waals surface area contributed by atoms with Crippen molar-refractivity contribution >= 4 is 35.1 Å². The Morgan fingerprint density at radius 2 is 1.96 bits per heavy atom. The fourth-order valence-corrected chi connectivity index (χ4v) is 6.11. The van der Waals surface area contributed by atoms with Crippen LogP contribution in [0.15, 0.2) is 59.5 Å². The first-order valence-electron chi connectivity index (χ1n) is 7.53. The van der Waals surface area contributed by atoms with Crippen LogP contribution in [0.1, 0.15) is 5.56 Å². The molecule has 2 aromatic carbocycles. The number of hydrogen-bond donors (Lipinski definition) is 0. The number of para-hydroxylation sites is 1. The van der Waals surface area contributed by atoms with Crippen LogP contribution in [0, 0.1) is 0 Å². The highest BCUT2D eigenvalue weighted by Gasteiger charge is 2.63. The second-order valence-electron chi connectivity index (χ2n) is 5.66. The maximum Gasteiger partial charge on any atom is 0.260 e. The SMILES string of the molecule is COC1C(=O)N2c3ccccc3SCC12SCc1ccccc1. The molecule has 0 spiro atoms. The smallest absolute Gasteiger partial charge is 0.260 e. The fourth-order valence-electron chi connectivity index (χ4n) is 3.21. The van der Waals surface area contributed by atoms with Crippen molar-refractivity contribution in [2.45, 2.75) is 21.6 Å². The zero-order valence-corrected chi connectivity index (χ0v) is 14.4. The molecule has 2 aromatic rings. The molecule has 0 N–H and O–H groups in total. The van der Waals surface area contributed by atoms with Gasteiger partial charge in [-0.1, -0.05) is 42.5 Å². The van der Waals surface area contributed by atoms with E-state index in [1.165, 1.54) is 10.5 Å². The van der Waals surface area contributed by atoms with Crippen molar-refractivity contribution in [2.24, 2.45) is 0 Å². The number of carbonyl (C=O) groups is 1. The molecule has 4 rings (SSSR count). The summed E-state index contributed by atoms with van der Waals surface area (Å²) in [6.45, 7) is 0. The Balaban J connectivity index is 1.65. The highest BCUT2D eigenvalue weighted by Crippen LogP contribution is 2.55. The molecule has 2 aliphatic heterocycles. The summed E-state index contributed by atoms with van der Waals surface area (Å²) in [7, 11) is 1.63. The van der Waals surface area contributed by atoms with E-state index in [-0.39, 0.29) is 16.9 Å². The predicted molar refractivity (Wildman–Crippen MR) is 95.9 cm³/mol. The van der Waals surface area contributed by atoms with E-state index in [0.29, 0.717) is 0 Å². The number of hydrogen-bond acceptors (Lipinski definition) is 4. The molecule has 2 atom stereocenters. The van der Waals surface area contributed by atoms with Crippen LogP contribution in [0.5, 0.6) is 0 Å². The number of ether oxygens (including phenoxy) is 1. The summed E-state index contributed by atoms with van der Waals surface area (Å²) in [5.74, 6) is 1.79. The van der Waals surface area contributed by atoms with Gasteiger partial charge in [0.15, 0.2) is 6.10 Å². The summed E-state index contributed by atoms with van der Waals surface area (Å²) in [6, 6.07) is 18.5. The first-order valence-corrected chi connectivity index (χ1v) is 9.50. The number of methoxy groups -OCH3 is 1. The fraction of sp³-hybridized carbons (Fsp3) is 0.278. The van der Waals surface area contributed by atoms with E-state index in [9.17, 15) is 4.79 Å². The van der Waals surface area contributed by atoms with Crippen LogP contribution in [0.3, 0.4) is 0 Å². The predicted octanol–water partition coefficient (Wildman–Crippen LogP) is 3.78. The van der Waals surface area contributed by atoms with Crippen LogP contribution in [0.4, 0.5) is 5.69 Å². The molecule has 2 heterocycles. The van der Waals surface area contributed by atoms with Crippen LogP contribution in [0.2, 0.25) is 0 Å². The van der Waals surface area contributed by atoms with Crippen molar-refractivity contribution in [3.63, 3.8) is 0 Å². The van der Waals surface area contributed by atoms with Crippen LogP contribution in [0.25, 0.3) is 0 Å². The molecule has 1 amide bonds. The minimum absolute atomic E-state index is 0.0702. The molecule has 2 aliphatic rings. The monoisotopic (exact) mass is 343 g/mol. The largest absolute Gasteiger partial charge is 0.368 e. The molecule has 5 heteroatoms. The molecule has 1 saturated heterocycles. The van der Waals surface area contributed by atoms with Gasteiger partial charge in [-0.25, -0.2) is 0 Å². The number of thioether (sulfide) groups is 2. The second kappa shape index (κ2) is 5.89. The van der Waals surface area contributed by atoms with Gasteiger partial charge in [0.25, 0.3) is 5.91 Å². The van der Waals surface area contributed by atoms with Gasteiger partial charge in [0.05, 0.1) is 5.69 Å². The van der Waals surface area contributed by atoms with Crippen LogP contribution in [-0.2, 0) is 15.3 Å². The number of anilines is 1. The van der Waals surface area contributed by atoms with Gasteiger partial charge < -0.3 is 4.74 Å². The summed E-state index contributed by atoms with van der Waals surface area (Å²) >= 11 is 3.62. The Morgan fingerprint density at radius 3 is 2.74 bits per heavy atom. The average Bonchev–Trinajstić information content (AvgIpc) is 2.60. The van der Waals surface area contributed by atoms with Gasteiger partial charge in [-0.2, -0.15) is 0 Å². The Kier molecular flexibility index (Phi) is 3.87. The lowest BCUT2D eigenvalue weighted by atomic mass is 9.96. The third-order valence-corrected chi connectivity index (χ3v) is 7.28. The third-order valence-electron chi connectivity index (χ3n) is 4.34. The molecule has 0 bridgehead atoms. The van der Waals surface area contributed by atoms with Gasteiger partial charge >= 0.3 is 0 Å². The second-order valence-corrected chi connectivity index (χ2v) is 7.97. The van der Waals surface area contributed by atoms with E-state index in [0.717, 1.165) is 17.2 Å². The minimum Gasteiger partial charge on any atom is -0.368 e. The Morgan fingerprint density at radius 1 is 1.22 bits per heavy atom. The van der Waals surface area contributed by atoms with E-state index in [2.05, 4.69) is 30.3 Å². The molecule has 0 radical (unpaired) electrons. The van der Waals surface area contributed by atoms with Crippen molar-refractivity contribution in [2.75, 3.05) is 17.8 Å². The third kappa shape index (κ3) is 2.30. The summed E-state index contributed by atoms with van der Waals surface area (Å²) in [5, 5.41) is 0. The average molecular weight is 343 g/mol. The first-order chi connectivity index (χ1) is 11.3. The molecule has 0 aliphatic carbocycles. The number of nitrogens with zero attached hydrogens (tertiary/aromatic N) is 1. The molecule has 23 heavy (non-hydrogen) atoms. The van der Waals surface area contributed by atoms with Gasteiger partial charge in [0, 0.05) is 23.5 Å². The molecule has 1 fully saturated rings. The lowest BCUT2D eigenvalue weighted by Gasteiger charge is -2.58. The normalized spacial score (nSPS) is 25.5. The summed E-state index contributed by atoms with van der Waals surface area (Å²) < 4.78 is 5.55. The molecule has 3 nitrogen and oxygen atoms in total. The number of rotatable bonds is 4. The summed E-state index contributed by atoms with van der Waals surface area (Å²) in [4.78, 5) is 15.4. The molecular weight excluding hydrogens is 326 g/mol. The van der Waals surface area contributed by atoms with E-state index >= 15 is 0 Å². The van der Waals surface area contributed by atoms with Crippen LogP contribution >= 0.6 is 23.5 Å². The van der Waals surface area contributed by atoms with Gasteiger partial charge in [0.1, 0.15) is 4.87 Å². The number of amides is 1. The van der Waals surface area contributed by atoms with E-state index in [1.54, 1.807) is 18.9 Å². The highest BCUT2D eigenvalue weighted by molar-refractivity contribution is 8.04. The maximum absolute atomic E-state index is 12.6. The molecule has 118 valence electrons. The maximum atomic E-state index is 12.6. The van der Waals surface area contributed by atoms with Gasteiger partial charge in [-0.05, 0) is 17.7 Å². The number of carbonyl (C=O) groups excluding carboxylic acids is 1. The van der Waals surface area contributed by atoms with E-state index < -0.39 is 0 Å². The van der Waals surface area contributed by atoms with Crippen molar-refractivity contribution in [3.05, 3.63) is 60.2 Å².